The SMILES string of the molecule is CC(=O)c1cccc(-c2cc(I)c3cnn(-c4cccc(C)n4)c3c2)n1.CC(=O)c1cccc(-c2cc(NC(=O)OC(C)(C)C)c3cnn(-c4cccc(C)n4)c3c2)n1. The zero-order valence-electron chi connectivity index (χ0n) is 33.5. The van der Waals surface area contributed by atoms with E-state index in [-0.39, 0.29) is 11.6 Å². The zero-order valence-corrected chi connectivity index (χ0v) is 35.6. The highest BCUT2D eigenvalue weighted by molar-refractivity contribution is 14.1. The molecule has 1 N–H and O–H groups in total. The lowest BCUT2D eigenvalue weighted by molar-refractivity contribution is 0.0635. The predicted octanol–water partition coefficient (Wildman–Crippen LogP) is 9.94. The second-order valence-corrected chi connectivity index (χ2v) is 16.0. The minimum absolute atomic E-state index is 0.0448. The maximum Gasteiger partial charge on any atom is 0.412 e. The Balaban J connectivity index is 0.000000184. The van der Waals surface area contributed by atoms with Gasteiger partial charge in [0.05, 0.1) is 40.5 Å². The number of halogens is 1. The number of hydrogen-bond acceptors (Lipinski definition) is 10. The molecule has 0 aliphatic carbocycles. The van der Waals surface area contributed by atoms with Crippen molar-refractivity contribution in [2.75, 3.05) is 5.32 Å². The van der Waals surface area contributed by atoms with E-state index in [4.69, 9.17) is 4.74 Å². The summed E-state index contributed by atoms with van der Waals surface area (Å²) in [5.74, 6) is 1.25. The maximum atomic E-state index is 12.6. The molecule has 0 aliphatic rings. The molecule has 8 aromatic rings. The number of amides is 1. The smallest absolute Gasteiger partial charge is 0.412 e. The third kappa shape index (κ3) is 9.23. The Bertz CT molecular complexity index is 2910. The molecule has 13 nitrogen and oxygen atoms in total. The summed E-state index contributed by atoms with van der Waals surface area (Å²) >= 11 is 2.30. The fourth-order valence-electron chi connectivity index (χ4n) is 6.26. The van der Waals surface area contributed by atoms with Crippen LogP contribution in [0.1, 0.15) is 67.0 Å². The van der Waals surface area contributed by atoms with Crippen LogP contribution in [-0.4, -0.2) is 62.8 Å². The molecule has 8 rings (SSSR count). The molecule has 0 radical (unpaired) electrons. The number of aryl methyl sites for hydroxylation is 2. The van der Waals surface area contributed by atoms with E-state index in [1.165, 1.54) is 13.8 Å². The van der Waals surface area contributed by atoms with Crippen molar-refractivity contribution in [3.8, 4) is 34.2 Å². The summed E-state index contributed by atoms with van der Waals surface area (Å²) in [4.78, 5) is 54.2. The van der Waals surface area contributed by atoms with Crippen LogP contribution in [0.4, 0.5) is 10.5 Å². The van der Waals surface area contributed by atoms with E-state index in [2.05, 4.69) is 64.1 Å². The molecule has 6 heterocycles. The number of hydrogen-bond donors (Lipinski definition) is 1. The lowest BCUT2D eigenvalue weighted by Gasteiger charge is -2.20. The second-order valence-electron chi connectivity index (χ2n) is 14.8. The highest BCUT2D eigenvalue weighted by Gasteiger charge is 2.20. The average Bonchev–Trinajstić information content (AvgIpc) is 3.83. The number of fused-ring (bicyclic) bond motifs is 2. The molecule has 59 heavy (non-hydrogen) atoms. The standard InChI is InChI=1S/C25H25N5O3.C20H15IN4O/c1-15-8-6-11-23(27-15)30-22-13-17(20-10-7-9-19(28-20)16(2)31)12-21(18(22)14-26-30)29-24(32)33-25(3,4)5;1-12-5-3-8-20(23-12)25-19-10-14(9-16(21)15(19)11-22-25)18-7-4-6-17(24-18)13(2)26/h6-14H,1-5H3,(H,29,32);3-11H,1-2H3. The summed E-state index contributed by atoms with van der Waals surface area (Å²) in [7, 11) is 0. The normalized spacial score (nSPS) is 11.3. The van der Waals surface area contributed by atoms with Gasteiger partial charge >= 0.3 is 6.09 Å². The van der Waals surface area contributed by atoms with Gasteiger partial charge in [0.2, 0.25) is 0 Å². The Labute approximate surface area is 354 Å². The van der Waals surface area contributed by atoms with E-state index >= 15 is 0 Å². The van der Waals surface area contributed by atoms with Gasteiger partial charge < -0.3 is 4.74 Å². The van der Waals surface area contributed by atoms with Crippen molar-refractivity contribution in [1.82, 2.24) is 39.5 Å². The molecule has 0 spiro atoms. The first-order chi connectivity index (χ1) is 28.1. The van der Waals surface area contributed by atoms with Gasteiger partial charge in [0, 0.05) is 50.7 Å². The fraction of sp³-hybridized carbons (Fsp3) is 0.178. The molecule has 14 heteroatoms. The van der Waals surface area contributed by atoms with Gasteiger partial charge in [-0.2, -0.15) is 10.2 Å². The van der Waals surface area contributed by atoms with Crippen molar-refractivity contribution in [3.63, 3.8) is 0 Å². The van der Waals surface area contributed by atoms with Crippen LogP contribution in [0.5, 0.6) is 0 Å². The Kier molecular flexibility index (Phi) is 11.4. The molecule has 0 fully saturated rings. The van der Waals surface area contributed by atoms with Gasteiger partial charge in [-0.05, 0) is 130 Å². The fourth-order valence-corrected chi connectivity index (χ4v) is 7.02. The van der Waals surface area contributed by atoms with Gasteiger partial charge in [0.1, 0.15) is 17.0 Å². The summed E-state index contributed by atoms with van der Waals surface area (Å²) in [5, 5.41) is 13.6. The van der Waals surface area contributed by atoms with Crippen molar-refractivity contribution in [3.05, 3.63) is 136 Å². The van der Waals surface area contributed by atoms with Gasteiger partial charge in [0.25, 0.3) is 0 Å². The molecule has 0 saturated heterocycles. The van der Waals surface area contributed by atoms with Crippen LogP contribution in [-0.2, 0) is 4.74 Å². The van der Waals surface area contributed by atoms with Crippen molar-refractivity contribution in [2.24, 2.45) is 0 Å². The van der Waals surface area contributed by atoms with Gasteiger partial charge in [-0.25, -0.2) is 34.1 Å². The molecule has 0 aliphatic heterocycles. The Morgan fingerprint density at radius 1 is 0.627 bits per heavy atom. The molecule has 0 atom stereocenters. The monoisotopic (exact) mass is 897 g/mol. The third-order valence-electron chi connectivity index (χ3n) is 8.95. The van der Waals surface area contributed by atoms with Gasteiger partial charge in [0.15, 0.2) is 23.2 Å². The zero-order chi connectivity index (χ0) is 42.0. The average molecular weight is 898 g/mol. The van der Waals surface area contributed by atoms with Crippen LogP contribution in [0.25, 0.3) is 56.0 Å². The van der Waals surface area contributed by atoms with Crippen molar-refractivity contribution < 1.29 is 19.1 Å². The van der Waals surface area contributed by atoms with Crippen LogP contribution in [0.15, 0.2) is 109 Å². The predicted molar refractivity (Wildman–Crippen MR) is 236 cm³/mol. The van der Waals surface area contributed by atoms with E-state index in [9.17, 15) is 14.4 Å². The van der Waals surface area contributed by atoms with E-state index in [0.717, 1.165) is 53.8 Å². The number of aromatic nitrogens is 8. The van der Waals surface area contributed by atoms with E-state index in [1.807, 2.05) is 91.5 Å². The topological polar surface area (TPSA) is 160 Å². The maximum absolute atomic E-state index is 12.6. The molecule has 0 unspecified atom stereocenters. The highest BCUT2D eigenvalue weighted by atomic mass is 127. The number of Topliss-reactive ketones (excluding diaryl/α,β-unsaturated/α-hetero) is 2. The van der Waals surface area contributed by atoms with Crippen LogP contribution < -0.4 is 5.32 Å². The molecule has 2 aromatic carbocycles. The van der Waals surface area contributed by atoms with E-state index in [1.54, 1.807) is 55.9 Å². The molecule has 0 bridgehead atoms. The summed E-state index contributed by atoms with van der Waals surface area (Å²) in [6.45, 7) is 12.3. The number of ether oxygens (including phenoxy) is 1. The molecule has 1 amide bonds. The third-order valence-corrected chi connectivity index (χ3v) is 9.85. The van der Waals surface area contributed by atoms with Gasteiger partial charge in [-0.1, -0.05) is 24.3 Å². The number of ketones is 2. The molecule has 6 aromatic heterocycles. The van der Waals surface area contributed by atoms with Gasteiger partial charge in [-0.3, -0.25) is 14.9 Å². The van der Waals surface area contributed by atoms with Crippen molar-refractivity contribution >= 4 is 67.7 Å². The van der Waals surface area contributed by atoms with Crippen LogP contribution in [0.3, 0.4) is 0 Å². The quantitative estimate of drug-likeness (QED) is 0.121. The number of carbonyl (C=O) groups excluding carboxylic acids is 3. The number of nitrogens with one attached hydrogen (secondary N) is 1. The lowest BCUT2D eigenvalue weighted by Crippen LogP contribution is -2.27. The molecule has 296 valence electrons. The van der Waals surface area contributed by atoms with Crippen LogP contribution in [0.2, 0.25) is 0 Å². The minimum atomic E-state index is -0.645. The number of anilines is 1. The van der Waals surface area contributed by atoms with Crippen LogP contribution >= 0.6 is 22.6 Å². The first kappa shape index (κ1) is 40.5. The first-order valence-corrected chi connectivity index (χ1v) is 19.8. The largest absolute Gasteiger partial charge is 0.444 e. The number of pyridine rings is 4. The second kappa shape index (κ2) is 16.7. The number of rotatable bonds is 7. The first-order valence-electron chi connectivity index (χ1n) is 18.7. The molecule has 0 saturated carbocycles. The number of carbonyl (C=O) groups is 3. The Morgan fingerprint density at radius 2 is 1.10 bits per heavy atom. The highest BCUT2D eigenvalue weighted by Crippen LogP contribution is 2.33. The molecular weight excluding hydrogens is 857 g/mol. The number of benzene rings is 2. The van der Waals surface area contributed by atoms with Crippen molar-refractivity contribution in [2.45, 2.75) is 54.1 Å². The van der Waals surface area contributed by atoms with Crippen LogP contribution in [0, 0.1) is 17.4 Å². The number of nitrogens with zero attached hydrogens (tertiary/aromatic N) is 8. The summed E-state index contributed by atoms with van der Waals surface area (Å²) in [6, 6.07) is 30.1. The lowest BCUT2D eigenvalue weighted by atomic mass is 10.1. The Hall–Kier alpha value is -6.68. The van der Waals surface area contributed by atoms with Gasteiger partial charge in [-0.15, -0.1) is 0 Å². The Morgan fingerprint density at radius 3 is 1.59 bits per heavy atom. The summed E-state index contributed by atoms with van der Waals surface area (Å²) in [5.41, 5.74) is 7.21. The summed E-state index contributed by atoms with van der Waals surface area (Å²) < 4.78 is 10.1. The van der Waals surface area contributed by atoms with E-state index in [0.29, 0.717) is 34.2 Å². The molecular formula is C45H40IN9O4. The minimum Gasteiger partial charge on any atom is -0.444 e. The summed E-state index contributed by atoms with van der Waals surface area (Å²) in [6.07, 6.45) is 2.95. The van der Waals surface area contributed by atoms with E-state index < -0.39 is 11.7 Å². The van der Waals surface area contributed by atoms with Crippen molar-refractivity contribution in [1.29, 1.82) is 0 Å².